The number of nitrogens with one attached hydrogen (secondary N) is 1. The van der Waals surface area contributed by atoms with Crippen molar-refractivity contribution in [3.05, 3.63) is 44.3 Å². The van der Waals surface area contributed by atoms with E-state index in [4.69, 9.17) is 0 Å². The molecule has 1 aliphatic heterocycles. The molecule has 1 atom stereocenters. The molecule has 0 aromatic carbocycles. The molecule has 21 heavy (non-hydrogen) atoms. The van der Waals surface area contributed by atoms with Gasteiger partial charge in [-0.3, -0.25) is 4.90 Å². The number of nitrogens with zero attached hydrogens (tertiary/aromatic N) is 1. The molecule has 0 spiro atoms. The summed E-state index contributed by atoms with van der Waals surface area (Å²) in [6.07, 6.45) is 3.89. The summed E-state index contributed by atoms with van der Waals surface area (Å²) >= 11 is 3.75. The normalized spacial score (nSPS) is 17.4. The van der Waals surface area contributed by atoms with Crippen LogP contribution in [0.25, 0.3) is 0 Å². The van der Waals surface area contributed by atoms with Gasteiger partial charge in [0.15, 0.2) is 0 Å². The van der Waals surface area contributed by atoms with E-state index in [0.29, 0.717) is 6.04 Å². The summed E-state index contributed by atoms with van der Waals surface area (Å²) in [5, 5.41) is 8.20. The van der Waals surface area contributed by atoms with Crippen molar-refractivity contribution in [1.82, 2.24) is 10.2 Å². The summed E-state index contributed by atoms with van der Waals surface area (Å²) < 4.78 is 0. The Morgan fingerprint density at radius 2 is 2.14 bits per heavy atom. The second kappa shape index (κ2) is 7.54. The maximum Gasteiger partial charge on any atom is 0.0415 e. The smallest absolute Gasteiger partial charge is 0.0415 e. The molecule has 114 valence electrons. The van der Waals surface area contributed by atoms with Gasteiger partial charge < -0.3 is 5.32 Å². The fourth-order valence-corrected chi connectivity index (χ4v) is 4.68. The Kier molecular flexibility index (Phi) is 5.47. The van der Waals surface area contributed by atoms with Crippen LogP contribution in [0.15, 0.2) is 29.0 Å². The Hall–Kier alpha value is -0.680. The summed E-state index contributed by atoms with van der Waals surface area (Å²) in [6.45, 7) is 6.93. The van der Waals surface area contributed by atoms with Gasteiger partial charge in [0.25, 0.3) is 0 Å². The summed E-state index contributed by atoms with van der Waals surface area (Å²) in [5.74, 6) is 0. The van der Waals surface area contributed by atoms with Gasteiger partial charge in [0.05, 0.1) is 0 Å². The minimum Gasteiger partial charge on any atom is -0.304 e. The van der Waals surface area contributed by atoms with Crippen molar-refractivity contribution in [2.75, 3.05) is 13.1 Å². The number of rotatable bonds is 7. The Morgan fingerprint density at radius 3 is 2.86 bits per heavy atom. The highest BCUT2D eigenvalue weighted by molar-refractivity contribution is 7.10. The van der Waals surface area contributed by atoms with Gasteiger partial charge in [-0.2, -0.15) is 0 Å². The van der Waals surface area contributed by atoms with Gasteiger partial charge in [0.1, 0.15) is 0 Å². The molecule has 0 amide bonds. The molecular weight excluding hydrogens is 296 g/mol. The van der Waals surface area contributed by atoms with Crippen LogP contribution in [0.2, 0.25) is 0 Å². The number of hydrogen-bond donors (Lipinski definition) is 1. The van der Waals surface area contributed by atoms with Crippen molar-refractivity contribution in [3.63, 3.8) is 0 Å². The van der Waals surface area contributed by atoms with E-state index >= 15 is 0 Å². The molecule has 1 unspecified atom stereocenters. The molecule has 1 N–H and O–H groups in total. The highest BCUT2D eigenvalue weighted by Gasteiger charge is 2.13. The van der Waals surface area contributed by atoms with E-state index in [-0.39, 0.29) is 0 Å². The molecule has 1 fully saturated rings. The first kappa shape index (κ1) is 15.2. The third-order valence-corrected chi connectivity index (χ3v) is 6.10. The predicted molar refractivity (Wildman–Crippen MR) is 93.0 cm³/mol. The number of likely N-dealkylation sites (tertiary alicyclic amines) is 1. The zero-order valence-corrected chi connectivity index (χ0v) is 14.3. The minimum absolute atomic E-state index is 0.495. The second-order valence-corrected chi connectivity index (χ2v) is 7.74. The molecule has 3 heterocycles. The predicted octanol–water partition coefficient (Wildman–Crippen LogP) is 4.65. The largest absolute Gasteiger partial charge is 0.304 e. The van der Waals surface area contributed by atoms with Crippen molar-refractivity contribution in [1.29, 1.82) is 0 Å². The van der Waals surface area contributed by atoms with Gasteiger partial charge >= 0.3 is 0 Å². The van der Waals surface area contributed by atoms with E-state index in [0.717, 1.165) is 19.5 Å². The van der Waals surface area contributed by atoms with E-state index in [1.54, 1.807) is 0 Å². The Bertz CT molecular complexity index is 527. The number of thiophene rings is 2. The quantitative estimate of drug-likeness (QED) is 0.799. The first-order valence-corrected chi connectivity index (χ1v) is 9.66. The summed E-state index contributed by atoms with van der Waals surface area (Å²) in [6, 6.07) is 7.26. The first-order valence-electron chi connectivity index (χ1n) is 7.90. The van der Waals surface area contributed by atoms with Crippen LogP contribution in [0.3, 0.4) is 0 Å². The molecule has 0 aliphatic carbocycles. The molecule has 2 nitrogen and oxygen atoms in total. The molecule has 3 rings (SSSR count). The highest BCUT2D eigenvalue weighted by Crippen LogP contribution is 2.24. The van der Waals surface area contributed by atoms with Crippen LogP contribution in [0.4, 0.5) is 0 Å². The van der Waals surface area contributed by atoms with Crippen molar-refractivity contribution >= 4 is 22.7 Å². The second-order valence-electron chi connectivity index (χ2n) is 5.76. The zero-order chi connectivity index (χ0) is 14.5. The Morgan fingerprint density at radius 1 is 1.29 bits per heavy atom. The number of hydrogen-bond acceptors (Lipinski definition) is 4. The molecule has 2 aromatic heterocycles. The van der Waals surface area contributed by atoms with E-state index in [9.17, 15) is 0 Å². The SMILES string of the molecule is CCC(NCc1cc(CN2CCCC2)cs1)c1cccs1. The molecule has 0 radical (unpaired) electrons. The Balaban J connectivity index is 1.52. The van der Waals surface area contributed by atoms with Crippen molar-refractivity contribution < 1.29 is 0 Å². The van der Waals surface area contributed by atoms with Gasteiger partial charge in [-0.05, 0) is 60.8 Å². The lowest BCUT2D eigenvalue weighted by molar-refractivity contribution is 0.332. The third kappa shape index (κ3) is 4.16. The van der Waals surface area contributed by atoms with Crippen LogP contribution in [0.5, 0.6) is 0 Å². The zero-order valence-electron chi connectivity index (χ0n) is 12.7. The van der Waals surface area contributed by atoms with Crippen molar-refractivity contribution in [2.45, 2.75) is 45.3 Å². The van der Waals surface area contributed by atoms with Crippen LogP contribution >= 0.6 is 22.7 Å². The van der Waals surface area contributed by atoms with Gasteiger partial charge in [-0.15, -0.1) is 22.7 Å². The molecule has 0 bridgehead atoms. The molecule has 4 heteroatoms. The van der Waals surface area contributed by atoms with Crippen molar-refractivity contribution in [3.8, 4) is 0 Å². The topological polar surface area (TPSA) is 15.3 Å². The van der Waals surface area contributed by atoms with E-state index in [1.165, 1.54) is 41.2 Å². The standard InChI is InChI=1S/C17H24N2S2/c1-2-16(17-6-5-9-20-17)18-11-15-10-14(13-21-15)12-19-7-3-4-8-19/h5-6,9-10,13,16,18H,2-4,7-8,11-12H2,1H3. The lowest BCUT2D eigenvalue weighted by atomic mass is 10.2. The maximum atomic E-state index is 3.70. The highest BCUT2D eigenvalue weighted by atomic mass is 32.1. The average Bonchev–Trinajstić information content (AvgIpc) is 3.22. The summed E-state index contributed by atoms with van der Waals surface area (Å²) in [7, 11) is 0. The van der Waals surface area contributed by atoms with E-state index in [2.05, 4.69) is 46.1 Å². The van der Waals surface area contributed by atoms with Gasteiger partial charge in [-0.1, -0.05) is 13.0 Å². The molecule has 1 aliphatic rings. The lowest BCUT2D eigenvalue weighted by Gasteiger charge is -2.14. The first-order chi connectivity index (χ1) is 10.3. The summed E-state index contributed by atoms with van der Waals surface area (Å²) in [5.41, 5.74) is 1.49. The van der Waals surface area contributed by atoms with E-state index in [1.807, 2.05) is 22.7 Å². The molecular formula is C17H24N2S2. The van der Waals surface area contributed by atoms with Gasteiger partial charge in [0, 0.05) is 28.9 Å². The molecule has 1 saturated heterocycles. The minimum atomic E-state index is 0.495. The molecule has 2 aromatic rings. The van der Waals surface area contributed by atoms with Gasteiger partial charge in [-0.25, -0.2) is 0 Å². The van der Waals surface area contributed by atoms with Crippen LogP contribution in [0.1, 0.15) is 47.5 Å². The van der Waals surface area contributed by atoms with E-state index < -0.39 is 0 Å². The van der Waals surface area contributed by atoms with Crippen LogP contribution < -0.4 is 5.32 Å². The van der Waals surface area contributed by atoms with Gasteiger partial charge in [0.2, 0.25) is 0 Å². The fourth-order valence-electron chi connectivity index (χ4n) is 2.96. The van der Waals surface area contributed by atoms with Crippen LogP contribution in [0, 0.1) is 0 Å². The monoisotopic (exact) mass is 320 g/mol. The maximum absolute atomic E-state index is 3.70. The average molecular weight is 321 g/mol. The lowest BCUT2D eigenvalue weighted by Crippen LogP contribution is -2.19. The summed E-state index contributed by atoms with van der Waals surface area (Å²) in [4.78, 5) is 5.48. The van der Waals surface area contributed by atoms with Crippen LogP contribution in [-0.4, -0.2) is 18.0 Å². The fraction of sp³-hybridized carbons (Fsp3) is 0.529. The van der Waals surface area contributed by atoms with Crippen LogP contribution in [-0.2, 0) is 13.1 Å². The third-order valence-electron chi connectivity index (χ3n) is 4.13. The Labute approximate surface area is 135 Å². The van der Waals surface area contributed by atoms with Crippen molar-refractivity contribution in [2.24, 2.45) is 0 Å². The molecule has 0 saturated carbocycles.